The minimum absolute atomic E-state index is 0.201. The Balaban J connectivity index is 2.12. The first kappa shape index (κ1) is 9.78. The Labute approximate surface area is 95.6 Å². The summed E-state index contributed by atoms with van der Waals surface area (Å²) >= 11 is 5.91. The van der Waals surface area contributed by atoms with E-state index in [9.17, 15) is 14.0 Å². The van der Waals surface area contributed by atoms with E-state index in [1.54, 1.807) is 0 Å². The Morgan fingerprint density at radius 2 is 2.19 bits per heavy atom. The highest BCUT2D eigenvalue weighted by Gasteiger charge is 2.70. The lowest BCUT2D eigenvalue weighted by atomic mass is 9.94. The lowest BCUT2D eigenvalue weighted by Crippen LogP contribution is -2.30. The lowest BCUT2D eigenvalue weighted by molar-refractivity contribution is -0.127. The summed E-state index contributed by atoms with van der Waals surface area (Å²) in [4.78, 5) is 23.0. The van der Waals surface area contributed by atoms with E-state index in [-0.39, 0.29) is 22.8 Å². The van der Waals surface area contributed by atoms with Crippen LogP contribution in [0.3, 0.4) is 0 Å². The van der Waals surface area contributed by atoms with Gasteiger partial charge in [-0.25, -0.2) is 4.39 Å². The zero-order valence-electron chi connectivity index (χ0n) is 8.09. The SMILES string of the molecule is O=C1NC(=O)C2(c3ccc(F)cc3Cl)CC12. The van der Waals surface area contributed by atoms with Crippen LogP contribution in [0.4, 0.5) is 4.39 Å². The largest absolute Gasteiger partial charge is 0.295 e. The number of hydrogen-bond acceptors (Lipinski definition) is 2. The van der Waals surface area contributed by atoms with Gasteiger partial charge in [-0.3, -0.25) is 14.9 Å². The van der Waals surface area contributed by atoms with Crippen LogP contribution in [0, 0.1) is 11.7 Å². The summed E-state index contributed by atoms with van der Waals surface area (Å²) < 4.78 is 12.9. The number of nitrogens with one attached hydrogen (secondary N) is 1. The number of halogens is 2. The second kappa shape index (κ2) is 2.83. The first-order valence-corrected chi connectivity index (χ1v) is 5.24. The first-order chi connectivity index (χ1) is 7.55. The van der Waals surface area contributed by atoms with Gasteiger partial charge in [0.2, 0.25) is 11.8 Å². The maximum atomic E-state index is 12.9. The summed E-state index contributed by atoms with van der Waals surface area (Å²) in [5.74, 6) is -1.36. The summed E-state index contributed by atoms with van der Waals surface area (Å²) in [6.45, 7) is 0. The van der Waals surface area contributed by atoms with E-state index in [0.29, 0.717) is 12.0 Å². The van der Waals surface area contributed by atoms with E-state index in [1.165, 1.54) is 12.1 Å². The Hall–Kier alpha value is -1.42. The Bertz CT molecular complexity index is 531. The van der Waals surface area contributed by atoms with Crippen LogP contribution in [-0.2, 0) is 15.0 Å². The number of carbonyl (C=O) groups is 2. The fourth-order valence-corrected chi connectivity index (χ4v) is 2.75. The molecule has 1 saturated carbocycles. The summed E-state index contributed by atoms with van der Waals surface area (Å²) in [6.07, 6.45) is 0.475. The molecular weight excluding hydrogens is 233 g/mol. The zero-order chi connectivity index (χ0) is 11.5. The molecule has 0 radical (unpaired) electrons. The molecule has 2 aliphatic rings. The summed E-state index contributed by atoms with van der Waals surface area (Å²) in [6, 6.07) is 3.90. The highest BCUT2D eigenvalue weighted by molar-refractivity contribution is 6.32. The summed E-state index contributed by atoms with van der Waals surface area (Å²) in [5.41, 5.74) is -0.286. The number of rotatable bonds is 1. The van der Waals surface area contributed by atoms with Gasteiger partial charge in [0, 0.05) is 5.02 Å². The molecule has 1 aromatic carbocycles. The smallest absolute Gasteiger partial charge is 0.238 e. The molecule has 16 heavy (non-hydrogen) atoms. The number of piperidine rings is 1. The van der Waals surface area contributed by atoms with Crippen LogP contribution in [0.1, 0.15) is 12.0 Å². The van der Waals surface area contributed by atoms with E-state index in [1.807, 2.05) is 0 Å². The summed E-state index contributed by atoms with van der Waals surface area (Å²) in [7, 11) is 0. The van der Waals surface area contributed by atoms with Crippen LogP contribution in [0.25, 0.3) is 0 Å². The van der Waals surface area contributed by atoms with Crippen molar-refractivity contribution in [3.8, 4) is 0 Å². The van der Waals surface area contributed by atoms with Crippen LogP contribution < -0.4 is 5.32 Å². The molecule has 2 fully saturated rings. The van der Waals surface area contributed by atoms with Crippen molar-refractivity contribution in [1.82, 2.24) is 5.32 Å². The number of amides is 2. The van der Waals surface area contributed by atoms with Crippen molar-refractivity contribution in [3.63, 3.8) is 0 Å². The fraction of sp³-hybridized carbons (Fsp3) is 0.273. The maximum Gasteiger partial charge on any atom is 0.238 e. The van der Waals surface area contributed by atoms with Gasteiger partial charge >= 0.3 is 0 Å². The summed E-state index contributed by atoms with van der Waals surface area (Å²) in [5, 5.41) is 2.47. The van der Waals surface area contributed by atoms with Crippen molar-refractivity contribution in [2.75, 3.05) is 0 Å². The molecule has 2 unspecified atom stereocenters. The van der Waals surface area contributed by atoms with Crippen LogP contribution in [-0.4, -0.2) is 11.8 Å². The van der Waals surface area contributed by atoms with Crippen LogP contribution in [0.15, 0.2) is 18.2 Å². The first-order valence-electron chi connectivity index (χ1n) is 4.86. The molecule has 0 aromatic heterocycles. The molecule has 1 heterocycles. The lowest BCUT2D eigenvalue weighted by Gasteiger charge is -2.11. The second-order valence-corrected chi connectivity index (χ2v) is 4.58. The third-order valence-corrected chi connectivity index (χ3v) is 3.64. The number of imide groups is 1. The van der Waals surface area contributed by atoms with E-state index < -0.39 is 11.2 Å². The number of fused-ring (bicyclic) bond motifs is 1. The van der Waals surface area contributed by atoms with Gasteiger partial charge in [-0.1, -0.05) is 17.7 Å². The van der Waals surface area contributed by atoms with Crippen molar-refractivity contribution in [2.45, 2.75) is 11.8 Å². The fourth-order valence-electron chi connectivity index (χ4n) is 2.41. The topological polar surface area (TPSA) is 46.2 Å². The molecule has 3 nitrogen and oxygen atoms in total. The van der Waals surface area contributed by atoms with Crippen molar-refractivity contribution in [2.24, 2.45) is 5.92 Å². The Morgan fingerprint density at radius 3 is 2.69 bits per heavy atom. The average molecular weight is 240 g/mol. The number of hydrogen-bond donors (Lipinski definition) is 1. The van der Waals surface area contributed by atoms with Crippen molar-refractivity contribution in [1.29, 1.82) is 0 Å². The molecule has 1 aromatic rings. The van der Waals surface area contributed by atoms with Gasteiger partial charge in [-0.2, -0.15) is 0 Å². The molecule has 0 bridgehead atoms. The molecule has 1 saturated heterocycles. The molecule has 1 N–H and O–H groups in total. The zero-order valence-corrected chi connectivity index (χ0v) is 8.84. The Morgan fingerprint density at radius 1 is 1.44 bits per heavy atom. The molecule has 2 amide bonds. The second-order valence-electron chi connectivity index (χ2n) is 4.17. The maximum absolute atomic E-state index is 12.9. The van der Waals surface area contributed by atoms with Crippen LogP contribution >= 0.6 is 11.6 Å². The van der Waals surface area contributed by atoms with Crippen molar-refractivity contribution >= 4 is 23.4 Å². The van der Waals surface area contributed by atoms with Gasteiger partial charge in [-0.15, -0.1) is 0 Å². The average Bonchev–Trinajstić information content (AvgIpc) is 2.88. The van der Waals surface area contributed by atoms with Crippen molar-refractivity contribution in [3.05, 3.63) is 34.6 Å². The molecular formula is C11H7ClFNO2. The van der Waals surface area contributed by atoms with E-state index in [4.69, 9.17) is 11.6 Å². The van der Waals surface area contributed by atoms with Gasteiger partial charge in [0.05, 0.1) is 11.3 Å². The molecule has 5 heteroatoms. The van der Waals surface area contributed by atoms with Gasteiger partial charge in [0.15, 0.2) is 0 Å². The normalized spacial score (nSPS) is 31.2. The number of benzene rings is 1. The third kappa shape index (κ3) is 1.02. The highest BCUT2D eigenvalue weighted by atomic mass is 35.5. The number of carbonyl (C=O) groups excluding carboxylic acids is 2. The van der Waals surface area contributed by atoms with Crippen LogP contribution in [0.5, 0.6) is 0 Å². The monoisotopic (exact) mass is 239 g/mol. The minimum Gasteiger partial charge on any atom is -0.295 e. The molecule has 1 aliphatic heterocycles. The molecule has 1 aliphatic carbocycles. The van der Waals surface area contributed by atoms with E-state index in [2.05, 4.69) is 5.32 Å². The Kier molecular flexibility index (Phi) is 1.73. The molecule has 2 atom stereocenters. The van der Waals surface area contributed by atoms with Crippen molar-refractivity contribution < 1.29 is 14.0 Å². The standard InChI is InChI=1S/C11H7ClFNO2/c12-8-3-5(13)1-2-6(8)11-4-7(11)9(15)14-10(11)16/h1-3,7H,4H2,(H,14,15,16). The highest BCUT2D eigenvalue weighted by Crippen LogP contribution is 2.59. The van der Waals surface area contributed by atoms with Gasteiger partial charge in [-0.05, 0) is 24.1 Å². The molecule has 0 spiro atoms. The van der Waals surface area contributed by atoms with Gasteiger partial charge in [0.1, 0.15) is 5.82 Å². The van der Waals surface area contributed by atoms with Crippen LogP contribution in [0.2, 0.25) is 5.02 Å². The predicted octanol–water partition coefficient (Wildman–Crippen LogP) is 1.39. The molecule has 3 rings (SSSR count). The minimum atomic E-state index is -0.831. The third-order valence-electron chi connectivity index (χ3n) is 3.33. The van der Waals surface area contributed by atoms with Gasteiger partial charge < -0.3 is 0 Å². The van der Waals surface area contributed by atoms with E-state index >= 15 is 0 Å². The predicted molar refractivity (Wildman–Crippen MR) is 54.3 cm³/mol. The van der Waals surface area contributed by atoms with E-state index in [0.717, 1.165) is 6.07 Å². The quantitative estimate of drug-likeness (QED) is 0.753. The van der Waals surface area contributed by atoms with Gasteiger partial charge in [0.25, 0.3) is 0 Å². The molecule has 82 valence electrons.